The average molecular weight is 752 g/mol. The summed E-state index contributed by atoms with van der Waals surface area (Å²) in [4.78, 5) is 0. The monoisotopic (exact) mass is 751 g/mol. The molecule has 3 heterocycles. The fraction of sp³-hybridized carbons (Fsp3) is 0. The largest absolute Gasteiger partial charge is 0.316 e. The van der Waals surface area contributed by atoms with E-state index in [1.165, 1.54) is 82.4 Å². The number of para-hydroxylation sites is 3. The first-order valence-electron chi connectivity index (χ1n) is 20.3. The van der Waals surface area contributed by atoms with Crippen LogP contribution < -0.4 is 0 Å². The third-order valence-electron chi connectivity index (χ3n) is 12.0. The van der Waals surface area contributed by atoms with Crippen LogP contribution in [0.5, 0.6) is 0 Å². The predicted molar refractivity (Wildman–Crippen MR) is 248 cm³/mol. The van der Waals surface area contributed by atoms with E-state index in [0.717, 1.165) is 22.6 Å². The molecular weight excluding hydrogens is 715 g/mol. The molecule has 12 rings (SSSR count). The van der Waals surface area contributed by atoms with E-state index in [1.807, 2.05) is 0 Å². The van der Waals surface area contributed by atoms with Gasteiger partial charge in [0, 0.05) is 50.2 Å². The molecule has 12 aromatic rings. The Balaban J connectivity index is 1.14. The van der Waals surface area contributed by atoms with Gasteiger partial charge in [-0.2, -0.15) is 0 Å². The Morgan fingerprint density at radius 1 is 0.237 bits per heavy atom. The number of hydrogen-bond acceptors (Lipinski definition) is 0. The fourth-order valence-corrected chi connectivity index (χ4v) is 9.37. The normalized spacial score (nSPS) is 11.7. The minimum Gasteiger partial charge on any atom is -0.316 e. The number of benzene rings is 9. The number of hydrogen-bond donors (Lipinski definition) is 0. The van der Waals surface area contributed by atoms with Crippen molar-refractivity contribution in [3.8, 4) is 50.4 Å². The van der Waals surface area contributed by atoms with Gasteiger partial charge in [0.15, 0.2) is 0 Å². The van der Waals surface area contributed by atoms with Gasteiger partial charge in [-0.25, -0.2) is 0 Å². The first-order valence-corrected chi connectivity index (χ1v) is 20.3. The molecule has 0 aliphatic carbocycles. The van der Waals surface area contributed by atoms with E-state index < -0.39 is 0 Å². The van der Waals surface area contributed by atoms with E-state index in [1.54, 1.807) is 0 Å². The van der Waals surface area contributed by atoms with Gasteiger partial charge in [-0.15, -0.1) is 0 Å². The molecule has 0 bridgehead atoms. The number of aromatic nitrogens is 3. The number of nitrogens with zero attached hydrogens (tertiary/aromatic N) is 3. The molecule has 276 valence electrons. The molecule has 3 heteroatoms. The highest BCUT2D eigenvalue weighted by Crippen LogP contribution is 2.41. The van der Waals surface area contributed by atoms with Crippen LogP contribution in [0.25, 0.3) is 105 Å². The summed E-state index contributed by atoms with van der Waals surface area (Å²) in [6.45, 7) is 0. The molecule has 9 aromatic carbocycles. The van der Waals surface area contributed by atoms with E-state index >= 15 is 0 Å². The molecule has 0 atom stereocenters. The van der Waals surface area contributed by atoms with Crippen LogP contribution in [0.1, 0.15) is 0 Å². The van der Waals surface area contributed by atoms with Crippen LogP contribution in [0.4, 0.5) is 0 Å². The summed E-state index contributed by atoms with van der Waals surface area (Å²) < 4.78 is 7.29. The molecule has 0 N–H and O–H groups in total. The summed E-state index contributed by atoms with van der Waals surface area (Å²) in [5.41, 5.74) is 16.4. The molecule has 59 heavy (non-hydrogen) atoms. The highest BCUT2D eigenvalue weighted by Gasteiger charge is 2.20. The van der Waals surface area contributed by atoms with Gasteiger partial charge in [-0.05, 0) is 100 Å². The smallest absolute Gasteiger partial charge is 0.0635 e. The van der Waals surface area contributed by atoms with Crippen LogP contribution in [-0.4, -0.2) is 13.7 Å². The van der Waals surface area contributed by atoms with Gasteiger partial charge in [0.25, 0.3) is 0 Å². The maximum Gasteiger partial charge on any atom is 0.0635 e. The van der Waals surface area contributed by atoms with Crippen LogP contribution in [0, 0.1) is 0 Å². The van der Waals surface area contributed by atoms with E-state index in [-0.39, 0.29) is 0 Å². The molecule has 0 fully saturated rings. The predicted octanol–water partition coefficient (Wildman–Crippen LogP) is 14.8. The van der Waals surface area contributed by atoms with Crippen LogP contribution in [0.2, 0.25) is 0 Å². The van der Waals surface area contributed by atoms with Crippen molar-refractivity contribution in [1.82, 2.24) is 13.7 Å². The first-order chi connectivity index (χ1) is 29.3. The molecular formula is C56H37N3. The van der Waals surface area contributed by atoms with Gasteiger partial charge in [-0.3, -0.25) is 0 Å². The number of fused-ring (bicyclic) bond motifs is 8. The standard InChI is InChI=1S/C56H37N3/c1-4-16-38(17-5-1)41-32-42(39-18-6-2-7-19-39)34-44(33-41)57-31-30-51-52(57)29-28-50-49-24-12-15-27-55(49)59(56(50)51)46-36-43(40-20-8-3-9-21-40)35-45(37-46)58-53-25-13-10-22-47(53)48-23-11-14-26-54(48)58/h1-37H. The summed E-state index contributed by atoms with van der Waals surface area (Å²) >= 11 is 0. The lowest BCUT2D eigenvalue weighted by Crippen LogP contribution is -2.00. The molecule has 0 saturated carbocycles. The lowest BCUT2D eigenvalue weighted by Gasteiger charge is -2.16. The Labute approximate surface area is 341 Å². The van der Waals surface area contributed by atoms with E-state index in [9.17, 15) is 0 Å². The van der Waals surface area contributed by atoms with E-state index in [0.29, 0.717) is 0 Å². The third kappa shape index (κ3) is 5.36. The van der Waals surface area contributed by atoms with Gasteiger partial charge in [-0.1, -0.05) is 152 Å². The van der Waals surface area contributed by atoms with Gasteiger partial charge in [0.1, 0.15) is 0 Å². The second-order valence-corrected chi connectivity index (χ2v) is 15.4. The first kappa shape index (κ1) is 33.3. The molecule has 0 unspecified atom stereocenters. The zero-order valence-electron chi connectivity index (χ0n) is 32.2. The van der Waals surface area contributed by atoms with Gasteiger partial charge in [0.2, 0.25) is 0 Å². The molecule has 0 spiro atoms. The summed E-state index contributed by atoms with van der Waals surface area (Å²) in [5.74, 6) is 0. The topological polar surface area (TPSA) is 14.8 Å². The van der Waals surface area contributed by atoms with Gasteiger partial charge in [0.05, 0.1) is 27.6 Å². The van der Waals surface area contributed by atoms with Crippen molar-refractivity contribution >= 4 is 54.5 Å². The fourth-order valence-electron chi connectivity index (χ4n) is 9.37. The summed E-state index contributed by atoms with van der Waals surface area (Å²) in [6.07, 6.45) is 2.24. The SMILES string of the molecule is c1ccc(-c2cc(-c3ccccc3)cc(-n3ccc4c3ccc3c5ccccc5n(-c5cc(-c6ccccc6)cc(-n6c7ccccc7c7ccccc76)c5)c34)c2)cc1. The second-order valence-electron chi connectivity index (χ2n) is 15.4. The van der Waals surface area contributed by atoms with Crippen molar-refractivity contribution in [2.75, 3.05) is 0 Å². The zero-order chi connectivity index (χ0) is 38.9. The van der Waals surface area contributed by atoms with Crippen molar-refractivity contribution in [2.45, 2.75) is 0 Å². The second kappa shape index (κ2) is 13.4. The molecule has 0 aliphatic heterocycles. The summed E-state index contributed by atoms with van der Waals surface area (Å²) in [6, 6.07) is 79.5. The Morgan fingerprint density at radius 3 is 1.20 bits per heavy atom. The maximum absolute atomic E-state index is 2.50. The third-order valence-corrected chi connectivity index (χ3v) is 12.0. The van der Waals surface area contributed by atoms with Crippen LogP contribution >= 0.6 is 0 Å². The summed E-state index contributed by atoms with van der Waals surface area (Å²) in [5, 5.41) is 6.17. The lowest BCUT2D eigenvalue weighted by molar-refractivity contribution is 1.13. The molecule has 3 nitrogen and oxygen atoms in total. The Hall–Kier alpha value is -7.88. The Morgan fingerprint density at radius 2 is 0.661 bits per heavy atom. The molecule has 0 saturated heterocycles. The lowest BCUT2D eigenvalue weighted by atomic mass is 9.98. The minimum atomic E-state index is 1.12. The van der Waals surface area contributed by atoms with Crippen molar-refractivity contribution in [2.24, 2.45) is 0 Å². The van der Waals surface area contributed by atoms with Crippen LogP contribution in [-0.2, 0) is 0 Å². The Kier molecular flexibility index (Phi) is 7.54. The number of rotatable bonds is 6. The minimum absolute atomic E-state index is 1.12. The molecule has 3 aromatic heterocycles. The van der Waals surface area contributed by atoms with E-state index in [2.05, 4.69) is 238 Å². The van der Waals surface area contributed by atoms with Gasteiger partial charge >= 0.3 is 0 Å². The van der Waals surface area contributed by atoms with Crippen molar-refractivity contribution in [3.63, 3.8) is 0 Å². The van der Waals surface area contributed by atoms with Crippen LogP contribution in [0.15, 0.2) is 225 Å². The molecule has 0 radical (unpaired) electrons. The zero-order valence-corrected chi connectivity index (χ0v) is 32.2. The molecule has 0 aliphatic rings. The van der Waals surface area contributed by atoms with E-state index in [4.69, 9.17) is 0 Å². The van der Waals surface area contributed by atoms with Crippen LogP contribution in [0.3, 0.4) is 0 Å². The van der Waals surface area contributed by atoms with Crippen molar-refractivity contribution in [1.29, 1.82) is 0 Å². The molecule has 0 amide bonds. The Bertz CT molecular complexity index is 3420. The van der Waals surface area contributed by atoms with Crippen molar-refractivity contribution < 1.29 is 0 Å². The summed E-state index contributed by atoms with van der Waals surface area (Å²) in [7, 11) is 0. The highest BCUT2D eigenvalue weighted by atomic mass is 15.0. The maximum atomic E-state index is 2.50. The average Bonchev–Trinajstić information content (AvgIpc) is 4.00. The quantitative estimate of drug-likeness (QED) is 0.161. The highest BCUT2D eigenvalue weighted by molar-refractivity contribution is 6.18. The van der Waals surface area contributed by atoms with Gasteiger partial charge < -0.3 is 13.7 Å². The van der Waals surface area contributed by atoms with Crippen molar-refractivity contribution in [3.05, 3.63) is 225 Å².